The molecule has 0 aromatic heterocycles. The lowest BCUT2D eigenvalue weighted by Gasteiger charge is -2.15. The lowest BCUT2D eigenvalue weighted by Crippen LogP contribution is -2.26. The zero-order valence-electron chi connectivity index (χ0n) is 17.7. The van der Waals surface area contributed by atoms with Gasteiger partial charge in [-0.25, -0.2) is 4.99 Å². The Morgan fingerprint density at radius 1 is 0.812 bits per heavy atom. The van der Waals surface area contributed by atoms with E-state index in [0.29, 0.717) is 5.56 Å². The van der Waals surface area contributed by atoms with Crippen molar-refractivity contribution in [3.05, 3.63) is 125 Å². The molecule has 1 aliphatic rings. The maximum atomic E-state index is 13.0. The molecule has 0 bridgehead atoms. The van der Waals surface area contributed by atoms with Gasteiger partial charge in [0, 0.05) is 26.5 Å². The Kier molecular flexibility index (Phi) is 5.61. The minimum absolute atomic E-state index is 0.0791. The van der Waals surface area contributed by atoms with Gasteiger partial charge in [0.2, 0.25) is 0 Å². The van der Waals surface area contributed by atoms with Crippen LogP contribution in [0.2, 0.25) is 0 Å². The van der Waals surface area contributed by atoms with E-state index in [9.17, 15) is 4.79 Å². The normalized spacial score (nSPS) is 13.2. The van der Waals surface area contributed by atoms with Gasteiger partial charge in [-0.2, -0.15) is 0 Å². The Morgan fingerprint density at radius 3 is 2.28 bits per heavy atom. The number of benzene rings is 4. The second kappa shape index (κ2) is 8.85. The Hall–Kier alpha value is -3.63. The van der Waals surface area contributed by atoms with Crippen LogP contribution in [0.3, 0.4) is 0 Å². The quantitative estimate of drug-likeness (QED) is 0.337. The third kappa shape index (κ3) is 4.10. The first-order valence-corrected chi connectivity index (χ1v) is 11.4. The Balaban J connectivity index is 1.52. The van der Waals surface area contributed by atoms with Crippen molar-refractivity contribution < 1.29 is 4.79 Å². The summed E-state index contributed by atoms with van der Waals surface area (Å²) in [6.45, 7) is 1.99. The number of amides is 1. The molecular formula is C28H22N2OS. The second-order valence-electron chi connectivity index (χ2n) is 7.71. The van der Waals surface area contributed by atoms with E-state index >= 15 is 0 Å². The van der Waals surface area contributed by atoms with Gasteiger partial charge in [-0.1, -0.05) is 90.6 Å². The largest absolute Gasteiger partial charge is 0.346 e. The molecule has 5 rings (SSSR count). The molecule has 4 aromatic rings. The van der Waals surface area contributed by atoms with Crippen molar-refractivity contribution in [2.75, 3.05) is 0 Å². The van der Waals surface area contributed by atoms with E-state index in [2.05, 4.69) is 29.6 Å². The molecule has 156 valence electrons. The van der Waals surface area contributed by atoms with E-state index in [0.717, 1.165) is 37.9 Å². The van der Waals surface area contributed by atoms with E-state index in [1.165, 1.54) is 0 Å². The number of aliphatic imine (C=N–C) groups is 1. The summed E-state index contributed by atoms with van der Waals surface area (Å²) in [4.78, 5) is 20.2. The Bertz CT molecular complexity index is 1300. The second-order valence-corrected chi connectivity index (χ2v) is 8.80. The summed E-state index contributed by atoms with van der Waals surface area (Å²) in [5, 5.41) is 3.10. The molecule has 1 aliphatic heterocycles. The van der Waals surface area contributed by atoms with Gasteiger partial charge in [0.1, 0.15) is 0 Å². The van der Waals surface area contributed by atoms with Crippen molar-refractivity contribution in [2.24, 2.45) is 4.99 Å². The van der Waals surface area contributed by atoms with Crippen LogP contribution in [-0.4, -0.2) is 11.6 Å². The molecule has 4 aromatic carbocycles. The predicted octanol–water partition coefficient (Wildman–Crippen LogP) is 6.81. The van der Waals surface area contributed by atoms with Crippen molar-refractivity contribution in [1.82, 2.24) is 5.32 Å². The van der Waals surface area contributed by atoms with E-state index in [4.69, 9.17) is 4.99 Å². The molecule has 0 saturated carbocycles. The highest BCUT2D eigenvalue weighted by atomic mass is 32.2. The highest BCUT2D eigenvalue weighted by molar-refractivity contribution is 7.99. The third-order valence-electron chi connectivity index (χ3n) is 5.51. The van der Waals surface area contributed by atoms with Crippen LogP contribution in [0.1, 0.15) is 40.0 Å². The average molecular weight is 435 g/mol. The van der Waals surface area contributed by atoms with Gasteiger partial charge >= 0.3 is 0 Å². The minimum Gasteiger partial charge on any atom is -0.346 e. The van der Waals surface area contributed by atoms with E-state index in [1.807, 2.05) is 85.8 Å². The number of hydrogen-bond acceptors (Lipinski definition) is 3. The predicted molar refractivity (Wildman–Crippen MR) is 131 cm³/mol. The number of rotatable bonds is 4. The number of nitrogens with one attached hydrogen (secondary N) is 1. The van der Waals surface area contributed by atoms with Gasteiger partial charge in [-0.3, -0.25) is 4.79 Å². The van der Waals surface area contributed by atoms with Crippen molar-refractivity contribution in [2.45, 2.75) is 22.8 Å². The molecule has 4 heteroatoms. The maximum Gasteiger partial charge on any atom is 0.251 e. The van der Waals surface area contributed by atoms with Gasteiger partial charge in [0.25, 0.3) is 5.91 Å². The van der Waals surface area contributed by atoms with Crippen molar-refractivity contribution in [1.29, 1.82) is 0 Å². The van der Waals surface area contributed by atoms with Gasteiger partial charge in [0.15, 0.2) is 0 Å². The zero-order chi connectivity index (χ0) is 21.9. The summed E-state index contributed by atoms with van der Waals surface area (Å²) >= 11 is 1.69. The number of hydrogen-bond donors (Lipinski definition) is 1. The van der Waals surface area contributed by atoms with Crippen molar-refractivity contribution >= 4 is 29.1 Å². The van der Waals surface area contributed by atoms with E-state index < -0.39 is 0 Å². The molecule has 1 atom stereocenters. The molecule has 32 heavy (non-hydrogen) atoms. The third-order valence-corrected chi connectivity index (χ3v) is 6.65. The molecule has 1 unspecified atom stereocenters. The maximum absolute atomic E-state index is 13.0. The summed E-state index contributed by atoms with van der Waals surface area (Å²) in [6.07, 6.45) is 0. The SMILES string of the molecule is CC(NC(=O)c1ccc2c(c1)N=C(c1ccccc1)c1ccccc1S2)c1ccccc1. The lowest BCUT2D eigenvalue weighted by atomic mass is 10.0. The van der Waals surface area contributed by atoms with Crippen LogP contribution in [-0.2, 0) is 0 Å². The van der Waals surface area contributed by atoms with Gasteiger partial charge in [-0.05, 0) is 36.8 Å². The van der Waals surface area contributed by atoms with Crippen LogP contribution in [0.4, 0.5) is 5.69 Å². The van der Waals surface area contributed by atoms with Crippen LogP contribution < -0.4 is 5.32 Å². The van der Waals surface area contributed by atoms with Crippen LogP contribution in [0.15, 0.2) is 118 Å². The Labute approximate surface area is 192 Å². The summed E-state index contributed by atoms with van der Waals surface area (Å²) in [5.41, 5.74) is 5.57. The van der Waals surface area contributed by atoms with Crippen molar-refractivity contribution in [3.8, 4) is 0 Å². The number of nitrogens with zero attached hydrogens (tertiary/aromatic N) is 1. The van der Waals surface area contributed by atoms with Crippen LogP contribution in [0.25, 0.3) is 0 Å². The molecule has 0 radical (unpaired) electrons. The molecule has 0 saturated heterocycles. The highest BCUT2D eigenvalue weighted by Crippen LogP contribution is 2.41. The first-order valence-electron chi connectivity index (χ1n) is 10.6. The number of fused-ring (bicyclic) bond motifs is 2. The fraction of sp³-hybridized carbons (Fsp3) is 0.0714. The first kappa shape index (κ1) is 20.3. The van der Waals surface area contributed by atoms with Gasteiger partial charge in [0.05, 0.1) is 17.4 Å². The summed E-state index contributed by atoms with van der Waals surface area (Å²) in [5.74, 6) is -0.104. The fourth-order valence-electron chi connectivity index (χ4n) is 3.80. The average Bonchev–Trinajstić information content (AvgIpc) is 3.01. The minimum atomic E-state index is -0.104. The first-order chi connectivity index (χ1) is 15.7. The zero-order valence-corrected chi connectivity index (χ0v) is 18.5. The standard InChI is InChI=1S/C28H22N2OS/c1-19(20-10-4-2-5-11-20)29-28(31)22-16-17-26-24(18-22)30-27(21-12-6-3-7-13-21)23-14-8-9-15-25(23)32-26/h2-19H,1H3,(H,29,31). The molecule has 1 N–H and O–H groups in total. The summed E-state index contributed by atoms with van der Waals surface area (Å²) < 4.78 is 0. The van der Waals surface area contributed by atoms with Crippen LogP contribution in [0.5, 0.6) is 0 Å². The van der Waals surface area contributed by atoms with Crippen LogP contribution in [0, 0.1) is 0 Å². The molecule has 3 nitrogen and oxygen atoms in total. The monoisotopic (exact) mass is 434 g/mol. The van der Waals surface area contributed by atoms with Crippen LogP contribution >= 0.6 is 11.8 Å². The number of carbonyl (C=O) groups is 1. The highest BCUT2D eigenvalue weighted by Gasteiger charge is 2.20. The van der Waals surface area contributed by atoms with Gasteiger partial charge in [-0.15, -0.1) is 0 Å². The van der Waals surface area contributed by atoms with E-state index in [-0.39, 0.29) is 11.9 Å². The molecule has 1 amide bonds. The number of carbonyl (C=O) groups excluding carboxylic acids is 1. The smallest absolute Gasteiger partial charge is 0.251 e. The molecule has 0 spiro atoms. The summed E-state index contributed by atoms with van der Waals surface area (Å²) in [7, 11) is 0. The molecule has 0 fully saturated rings. The molecule has 1 heterocycles. The molecule has 0 aliphatic carbocycles. The lowest BCUT2D eigenvalue weighted by molar-refractivity contribution is 0.0940. The van der Waals surface area contributed by atoms with E-state index in [1.54, 1.807) is 11.8 Å². The summed E-state index contributed by atoms with van der Waals surface area (Å²) in [6, 6.07) is 34.2. The Morgan fingerprint density at radius 2 is 1.50 bits per heavy atom. The van der Waals surface area contributed by atoms with Gasteiger partial charge < -0.3 is 5.32 Å². The molecular weight excluding hydrogens is 412 g/mol. The topological polar surface area (TPSA) is 41.5 Å². The fourth-order valence-corrected chi connectivity index (χ4v) is 4.81. The van der Waals surface area contributed by atoms with Crippen molar-refractivity contribution in [3.63, 3.8) is 0 Å².